The summed E-state index contributed by atoms with van der Waals surface area (Å²) in [4.78, 5) is 19.4. The lowest BCUT2D eigenvalue weighted by atomic mass is 10.3. The van der Waals surface area contributed by atoms with Crippen molar-refractivity contribution in [1.82, 2.24) is 9.97 Å². The van der Waals surface area contributed by atoms with Crippen molar-refractivity contribution in [3.8, 4) is 11.6 Å². The van der Waals surface area contributed by atoms with E-state index in [1.54, 1.807) is 0 Å². The lowest BCUT2D eigenvalue weighted by molar-refractivity contribution is 0.262. The Kier molecular flexibility index (Phi) is 5.41. The van der Waals surface area contributed by atoms with E-state index in [9.17, 15) is 18.0 Å². The Morgan fingerprint density at radius 1 is 0.963 bits per heavy atom. The number of amides is 2. The van der Waals surface area contributed by atoms with Gasteiger partial charge in [-0.2, -0.15) is 4.98 Å². The van der Waals surface area contributed by atoms with Gasteiger partial charge in [0.25, 0.3) is 0 Å². The van der Waals surface area contributed by atoms with Crippen LogP contribution in [0.15, 0.2) is 48.7 Å². The lowest BCUT2D eigenvalue weighted by Crippen LogP contribution is -2.20. The van der Waals surface area contributed by atoms with Gasteiger partial charge in [-0.3, -0.25) is 0 Å². The highest BCUT2D eigenvalue weighted by molar-refractivity contribution is 6.28. The molecule has 138 valence electrons. The molecule has 0 aliphatic rings. The number of halogens is 4. The Labute approximate surface area is 156 Å². The Morgan fingerprint density at radius 2 is 1.63 bits per heavy atom. The molecule has 0 atom stereocenters. The molecule has 0 aliphatic carbocycles. The summed E-state index contributed by atoms with van der Waals surface area (Å²) in [5.74, 6) is -2.33. The van der Waals surface area contributed by atoms with Crippen LogP contribution in [-0.2, 0) is 0 Å². The second-order valence-corrected chi connectivity index (χ2v) is 5.45. The zero-order valence-corrected chi connectivity index (χ0v) is 14.1. The molecule has 6 nitrogen and oxygen atoms in total. The SMILES string of the molecule is O=C(Nc1ccc(F)cc1F)Nc1ccc(Oc2ccnc(Cl)n2)cc1F. The summed E-state index contributed by atoms with van der Waals surface area (Å²) in [5.41, 5.74) is -0.432. The molecule has 2 amide bonds. The van der Waals surface area contributed by atoms with Gasteiger partial charge in [0.05, 0.1) is 11.4 Å². The number of nitrogens with one attached hydrogen (secondary N) is 2. The number of nitrogens with zero attached hydrogens (tertiary/aromatic N) is 2. The highest BCUT2D eigenvalue weighted by Gasteiger charge is 2.12. The standard InChI is InChI=1S/C17H10ClF3N4O2/c18-16-22-6-5-15(25-16)27-10-2-4-14(12(21)8-10)24-17(26)23-13-3-1-9(19)7-11(13)20/h1-8H,(H2,23,24,26). The smallest absolute Gasteiger partial charge is 0.323 e. The van der Waals surface area contributed by atoms with Crippen LogP contribution in [0.5, 0.6) is 11.6 Å². The second kappa shape index (κ2) is 7.92. The number of benzene rings is 2. The van der Waals surface area contributed by atoms with Gasteiger partial charge in [-0.1, -0.05) is 0 Å². The molecule has 3 rings (SSSR count). The van der Waals surface area contributed by atoms with Crippen molar-refractivity contribution in [2.24, 2.45) is 0 Å². The van der Waals surface area contributed by atoms with E-state index < -0.39 is 23.5 Å². The largest absolute Gasteiger partial charge is 0.439 e. The van der Waals surface area contributed by atoms with E-state index in [0.717, 1.165) is 18.2 Å². The summed E-state index contributed by atoms with van der Waals surface area (Å²) in [5, 5.41) is 4.33. The average molecular weight is 395 g/mol. The first kappa shape index (κ1) is 18.5. The van der Waals surface area contributed by atoms with E-state index in [0.29, 0.717) is 6.07 Å². The maximum Gasteiger partial charge on any atom is 0.323 e. The van der Waals surface area contributed by atoms with Crippen LogP contribution in [0.25, 0.3) is 0 Å². The molecule has 27 heavy (non-hydrogen) atoms. The number of hydrogen-bond donors (Lipinski definition) is 2. The molecule has 0 spiro atoms. The van der Waals surface area contributed by atoms with Crippen LogP contribution in [0.1, 0.15) is 0 Å². The van der Waals surface area contributed by atoms with E-state index >= 15 is 0 Å². The fraction of sp³-hybridized carbons (Fsp3) is 0. The van der Waals surface area contributed by atoms with E-state index in [-0.39, 0.29) is 28.3 Å². The van der Waals surface area contributed by atoms with Crippen LogP contribution in [0.3, 0.4) is 0 Å². The molecule has 0 unspecified atom stereocenters. The Balaban J connectivity index is 1.67. The molecule has 3 aromatic rings. The molecule has 0 saturated heterocycles. The van der Waals surface area contributed by atoms with Crippen molar-refractivity contribution in [2.45, 2.75) is 0 Å². The monoisotopic (exact) mass is 394 g/mol. The first-order valence-electron chi connectivity index (χ1n) is 7.40. The predicted molar refractivity (Wildman–Crippen MR) is 92.5 cm³/mol. The molecule has 10 heteroatoms. The van der Waals surface area contributed by atoms with Crippen molar-refractivity contribution in [3.63, 3.8) is 0 Å². The molecule has 2 N–H and O–H groups in total. The molecule has 2 aromatic carbocycles. The van der Waals surface area contributed by atoms with E-state index in [1.165, 1.54) is 24.4 Å². The lowest BCUT2D eigenvalue weighted by Gasteiger charge is -2.10. The molecular weight excluding hydrogens is 385 g/mol. The molecule has 0 bridgehead atoms. The number of carbonyl (C=O) groups excluding carboxylic acids is 1. The van der Waals surface area contributed by atoms with Crippen molar-refractivity contribution in [3.05, 3.63) is 71.4 Å². The summed E-state index contributed by atoms with van der Waals surface area (Å²) in [6, 6.07) is 6.80. The number of hydrogen-bond acceptors (Lipinski definition) is 4. The van der Waals surface area contributed by atoms with Crippen molar-refractivity contribution < 1.29 is 22.7 Å². The van der Waals surface area contributed by atoms with Gasteiger partial charge in [0, 0.05) is 24.4 Å². The summed E-state index contributed by atoms with van der Waals surface area (Å²) in [6.07, 6.45) is 1.37. The summed E-state index contributed by atoms with van der Waals surface area (Å²) >= 11 is 5.63. The first-order chi connectivity index (χ1) is 12.9. The van der Waals surface area contributed by atoms with Gasteiger partial charge in [-0.05, 0) is 35.9 Å². The van der Waals surface area contributed by atoms with Crippen LogP contribution < -0.4 is 15.4 Å². The van der Waals surface area contributed by atoms with Crippen LogP contribution in [0.2, 0.25) is 5.28 Å². The fourth-order valence-electron chi connectivity index (χ4n) is 2.02. The number of ether oxygens (including phenoxy) is 1. The third kappa shape index (κ3) is 4.85. The first-order valence-corrected chi connectivity index (χ1v) is 7.77. The van der Waals surface area contributed by atoms with Gasteiger partial charge in [0.15, 0.2) is 0 Å². The minimum Gasteiger partial charge on any atom is -0.439 e. The number of anilines is 2. The van der Waals surface area contributed by atoms with E-state index in [1.807, 2.05) is 0 Å². The van der Waals surface area contributed by atoms with E-state index in [4.69, 9.17) is 16.3 Å². The van der Waals surface area contributed by atoms with Crippen molar-refractivity contribution >= 4 is 29.0 Å². The summed E-state index contributed by atoms with van der Waals surface area (Å²) in [6.45, 7) is 0. The van der Waals surface area contributed by atoms with Crippen LogP contribution in [0.4, 0.5) is 29.3 Å². The number of rotatable bonds is 4. The quantitative estimate of drug-likeness (QED) is 0.612. The minimum absolute atomic E-state index is 0.0315. The van der Waals surface area contributed by atoms with Crippen LogP contribution >= 0.6 is 11.6 Å². The predicted octanol–water partition coefficient (Wildman–Crippen LogP) is 4.98. The summed E-state index contributed by atoms with van der Waals surface area (Å²) in [7, 11) is 0. The average Bonchev–Trinajstić information content (AvgIpc) is 2.60. The normalized spacial score (nSPS) is 10.4. The zero-order chi connectivity index (χ0) is 19.4. The molecule has 1 aromatic heterocycles. The maximum absolute atomic E-state index is 14.2. The molecule has 0 fully saturated rings. The third-order valence-electron chi connectivity index (χ3n) is 3.19. The van der Waals surface area contributed by atoms with Gasteiger partial charge in [-0.25, -0.2) is 22.9 Å². The van der Waals surface area contributed by atoms with Gasteiger partial charge in [0.2, 0.25) is 11.2 Å². The second-order valence-electron chi connectivity index (χ2n) is 5.11. The molecular formula is C17H10ClF3N4O2. The molecule has 0 aliphatic heterocycles. The minimum atomic E-state index is -0.960. The van der Waals surface area contributed by atoms with Gasteiger partial charge < -0.3 is 15.4 Å². The molecule has 0 saturated carbocycles. The molecule has 0 radical (unpaired) electrons. The number of urea groups is 1. The summed E-state index contributed by atoms with van der Waals surface area (Å²) < 4.78 is 45.9. The van der Waals surface area contributed by atoms with Gasteiger partial charge >= 0.3 is 6.03 Å². The van der Waals surface area contributed by atoms with Crippen LogP contribution in [-0.4, -0.2) is 16.0 Å². The van der Waals surface area contributed by atoms with Crippen molar-refractivity contribution in [2.75, 3.05) is 10.6 Å². The topological polar surface area (TPSA) is 76.1 Å². The zero-order valence-electron chi connectivity index (χ0n) is 13.3. The highest BCUT2D eigenvalue weighted by Crippen LogP contribution is 2.25. The van der Waals surface area contributed by atoms with Crippen LogP contribution in [0, 0.1) is 17.5 Å². The Morgan fingerprint density at radius 3 is 2.26 bits per heavy atom. The van der Waals surface area contributed by atoms with Gasteiger partial charge in [0.1, 0.15) is 23.2 Å². The fourth-order valence-corrected chi connectivity index (χ4v) is 2.16. The highest BCUT2D eigenvalue weighted by atomic mass is 35.5. The molecule has 1 heterocycles. The van der Waals surface area contributed by atoms with Gasteiger partial charge in [-0.15, -0.1) is 0 Å². The van der Waals surface area contributed by atoms with E-state index in [2.05, 4.69) is 20.6 Å². The third-order valence-corrected chi connectivity index (χ3v) is 3.37. The Bertz CT molecular complexity index is 1000. The number of carbonyl (C=O) groups is 1. The Hall–Kier alpha value is -3.33. The van der Waals surface area contributed by atoms with Crippen molar-refractivity contribution in [1.29, 1.82) is 0 Å². The maximum atomic E-state index is 14.2. The number of aromatic nitrogens is 2.